The molecule has 162 valence electrons. The number of unbranched alkanes of at least 4 members (excludes halogenated alkanes) is 8. The quantitative estimate of drug-likeness (QED) is 0.184. The van der Waals surface area contributed by atoms with Crippen LogP contribution in [0.5, 0.6) is 0 Å². The first-order valence-corrected chi connectivity index (χ1v) is 11.0. The molecule has 1 aromatic rings. The van der Waals surface area contributed by atoms with Gasteiger partial charge in [-0.05, 0) is 31.2 Å². The molecule has 0 atom stereocenters. The second kappa shape index (κ2) is 16.9. The molecular formula is C24H37NO4. The molecule has 0 saturated heterocycles. The van der Waals surface area contributed by atoms with Crippen molar-refractivity contribution in [1.82, 2.24) is 5.48 Å². The summed E-state index contributed by atoms with van der Waals surface area (Å²) in [6.45, 7) is 2.73. The number of carbonyl (C=O) groups excluding carboxylic acids is 1. The summed E-state index contributed by atoms with van der Waals surface area (Å²) < 4.78 is 0. The highest BCUT2D eigenvalue weighted by Crippen LogP contribution is 2.14. The molecule has 0 aliphatic carbocycles. The van der Waals surface area contributed by atoms with Crippen molar-refractivity contribution in [3.05, 3.63) is 41.5 Å². The number of hydroxylamine groups is 1. The number of carboxylic acid groups (broad SMARTS) is 1. The number of carboxylic acids is 1. The van der Waals surface area contributed by atoms with Gasteiger partial charge in [-0.15, -0.1) is 0 Å². The Bertz CT molecular complexity index is 613. The topological polar surface area (TPSA) is 75.6 Å². The lowest BCUT2D eigenvalue weighted by Crippen LogP contribution is -2.21. The zero-order valence-electron chi connectivity index (χ0n) is 17.8. The Hall–Kier alpha value is -1.98. The van der Waals surface area contributed by atoms with Gasteiger partial charge in [-0.25, -0.2) is 5.48 Å². The first-order valence-electron chi connectivity index (χ1n) is 11.0. The third-order valence-electron chi connectivity index (χ3n) is 4.76. The van der Waals surface area contributed by atoms with E-state index in [1.165, 1.54) is 44.9 Å². The Kier molecular flexibility index (Phi) is 14.6. The van der Waals surface area contributed by atoms with Gasteiger partial charge >= 0.3 is 5.97 Å². The molecule has 0 spiro atoms. The Labute approximate surface area is 175 Å². The molecule has 0 amide bonds. The highest BCUT2D eigenvalue weighted by atomic mass is 16.6. The molecule has 0 bridgehead atoms. The van der Waals surface area contributed by atoms with Crippen LogP contribution >= 0.6 is 0 Å². The first-order chi connectivity index (χ1) is 14.1. The molecule has 0 unspecified atom stereocenters. The third kappa shape index (κ3) is 13.0. The summed E-state index contributed by atoms with van der Waals surface area (Å²) in [7, 11) is 0. The van der Waals surface area contributed by atoms with Gasteiger partial charge in [0, 0.05) is 18.5 Å². The van der Waals surface area contributed by atoms with E-state index in [1.807, 2.05) is 30.3 Å². The number of hydrogen-bond acceptors (Lipinski definition) is 4. The molecule has 5 heteroatoms. The van der Waals surface area contributed by atoms with Crippen molar-refractivity contribution in [3.8, 4) is 0 Å². The summed E-state index contributed by atoms with van der Waals surface area (Å²) in [6, 6.07) is 7.58. The van der Waals surface area contributed by atoms with Gasteiger partial charge in [-0.2, -0.15) is 0 Å². The number of hydrogen-bond donors (Lipinski definition) is 2. The van der Waals surface area contributed by atoms with E-state index in [0.29, 0.717) is 24.9 Å². The van der Waals surface area contributed by atoms with Crippen LogP contribution in [0.15, 0.2) is 30.3 Å². The predicted octanol–water partition coefficient (Wildman–Crippen LogP) is 5.80. The summed E-state index contributed by atoms with van der Waals surface area (Å²) in [5, 5.41) is 8.58. The van der Waals surface area contributed by atoms with Crippen molar-refractivity contribution < 1.29 is 19.5 Å². The molecule has 0 saturated carbocycles. The maximum atomic E-state index is 12.4. The molecular weight excluding hydrogens is 366 g/mol. The van der Waals surface area contributed by atoms with E-state index in [1.54, 1.807) is 0 Å². The Balaban J connectivity index is 2.27. The summed E-state index contributed by atoms with van der Waals surface area (Å²) in [6.07, 6.45) is 15.7. The maximum absolute atomic E-state index is 12.4. The Morgan fingerprint density at radius 1 is 1.00 bits per heavy atom. The predicted molar refractivity (Wildman–Crippen MR) is 118 cm³/mol. The van der Waals surface area contributed by atoms with E-state index >= 15 is 0 Å². The molecule has 0 heterocycles. The lowest BCUT2D eigenvalue weighted by Gasteiger charge is -2.07. The number of aliphatic carboxylic acids is 1. The van der Waals surface area contributed by atoms with Crippen molar-refractivity contribution in [2.24, 2.45) is 0 Å². The maximum Gasteiger partial charge on any atom is 0.303 e. The van der Waals surface area contributed by atoms with Crippen molar-refractivity contribution in [1.29, 1.82) is 0 Å². The Morgan fingerprint density at radius 3 is 2.48 bits per heavy atom. The number of nitrogens with one attached hydrogen (secondary N) is 1. The monoisotopic (exact) mass is 403 g/mol. The van der Waals surface area contributed by atoms with Crippen LogP contribution in [0.4, 0.5) is 0 Å². The second-order valence-corrected chi connectivity index (χ2v) is 7.36. The van der Waals surface area contributed by atoms with Crippen molar-refractivity contribution in [2.75, 3.05) is 13.2 Å². The van der Waals surface area contributed by atoms with E-state index in [2.05, 4.69) is 18.5 Å². The molecule has 2 N–H and O–H groups in total. The zero-order chi connectivity index (χ0) is 21.2. The number of allylic oxidation sites excluding steroid dienone is 1. The van der Waals surface area contributed by atoms with Gasteiger partial charge in [-0.1, -0.05) is 81.9 Å². The fourth-order valence-electron chi connectivity index (χ4n) is 3.07. The first kappa shape index (κ1) is 25.1. The number of Topliss-reactive ketones (excluding diaryl/α,β-unsaturated/α-hetero) is 1. The number of carbonyl (C=O) groups is 2. The minimum Gasteiger partial charge on any atom is -0.481 e. The van der Waals surface area contributed by atoms with Crippen LogP contribution in [0.25, 0.3) is 6.08 Å². The average Bonchev–Trinajstić information content (AvgIpc) is 2.71. The van der Waals surface area contributed by atoms with Crippen LogP contribution in [-0.2, 0) is 9.63 Å². The van der Waals surface area contributed by atoms with E-state index in [9.17, 15) is 9.59 Å². The smallest absolute Gasteiger partial charge is 0.303 e. The van der Waals surface area contributed by atoms with Gasteiger partial charge in [0.05, 0.1) is 0 Å². The lowest BCUT2D eigenvalue weighted by molar-refractivity contribution is -0.137. The molecule has 29 heavy (non-hydrogen) atoms. The normalized spacial score (nSPS) is 11.2. The summed E-state index contributed by atoms with van der Waals surface area (Å²) in [5.41, 5.74) is 4.32. The number of rotatable bonds is 18. The van der Waals surface area contributed by atoms with E-state index < -0.39 is 5.97 Å². The fraction of sp³-hybridized carbons (Fsp3) is 0.583. The Morgan fingerprint density at radius 2 is 1.72 bits per heavy atom. The number of benzene rings is 1. The van der Waals surface area contributed by atoms with Crippen LogP contribution in [0.2, 0.25) is 0 Å². The molecule has 1 rings (SSSR count). The zero-order valence-corrected chi connectivity index (χ0v) is 17.8. The van der Waals surface area contributed by atoms with Crippen molar-refractivity contribution >= 4 is 17.8 Å². The lowest BCUT2D eigenvalue weighted by atomic mass is 10.0. The van der Waals surface area contributed by atoms with Crippen molar-refractivity contribution in [2.45, 2.75) is 77.6 Å². The van der Waals surface area contributed by atoms with Gasteiger partial charge in [0.1, 0.15) is 6.61 Å². The highest BCUT2D eigenvalue weighted by molar-refractivity contribution is 6.00. The minimum absolute atomic E-state index is 0.0401. The van der Waals surface area contributed by atoms with E-state index in [0.717, 1.165) is 12.0 Å². The highest BCUT2D eigenvalue weighted by Gasteiger charge is 2.09. The van der Waals surface area contributed by atoms with Gasteiger partial charge in [-0.3, -0.25) is 14.4 Å². The van der Waals surface area contributed by atoms with Crippen LogP contribution in [0.3, 0.4) is 0 Å². The van der Waals surface area contributed by atoms with E-state index in [-0.39, 0.29) is 18.8 Å². The summed E-state index contributed by atoms with van der Waals surface area (Å²) >= 11 is 0. The summed E-state index contributed by atoms with van der Waals surface area (Å²) in [4.78, 5) is 28.1. The van der Waals surface area contributed by atoms with Gasteiger partial charge < -0.3 is 5.11 Å². The molecule has 0 fully saturated rings. The summed E-state index contributed by atoms with van der Waals surface area (Å²) in [5.74, 6) is -0.864. The molecule has 5 nitrogen and oxygen atoms in total. The third-order valence-corrected chi connectivity index (χ3v) is 4.76. The molecule has 0 aliphatic heterocycles. The van der Waals surface area contributed by atoms with Gasteiger partial charge in [0.2, 0.25) is 0 Å². The van der Waals surface area contributed by atoms with Crippen LogP contribution in [0.1, 0.15) is 93.5 Å². The standard InChI is InChI=1S/C24H37NO4/c1-2-3-4-5-6-7-8-9-10-15-21-16-11-12-17-22(21)23(26)20-29-25-19-14-13-18-24(27)28/h10-12,15-17,25H,2-9,13-14,18-20H2,1H3,(H,27,28). The number of ketones is 1. The van der Waals surface area contributed by atoms with Gasteiger partial charge in [0.25, 0.3) is 0 Å². The molecule has 0 aromatic heterocycles. The molecule has 1 aromatic carbocycles. The fourth-order valence-corrected chi connectivity index (χ4v) is 3.07. The average molecular weight is 404 g/mol. The molecule has 0 radical (unpaired) electrons. The minimum atomic E-state index is -0.794. The van der Waals surface area contributed by atoms with Crippen LogP contribution in [0, 0.1) is 0 Å². The van der Waals surface area contributed by atoms with Crippen LogP contribution < -0.4 is 5.48 Å². The SMILES string of the molecule is CCCCCCCCCC=Cc1ccccc1C(=O)CONCCCCC(=O)O. The van der Waals surface area contributed by atoms with Crippen molar-refractivity contribution in [3.63, 3.8) is 0 Å². The second-order valence-electron chi connectivity index (χ2n) is 7.36. The van der Waals surface area contributed by atoms with E-state index in [4.69, 9.17) is 9.94 Å². The van der Waals surface area contributed by atoms with Crippen LogP contribution in [-0.4, -0.2) is 30.0 Å². The largest absolute Gasteiger partial charge is 0.481 e. The van der Waals surface area contributed by atoms with Gasteiger partial charge in [0.15, 0.2) is 5.78 Å². The molecule has 0 aliphatic rings.